The summed E-state index contributed by atoms with van der Waals surface area (Å²) in [5.41, 5.74) is 1.71. The normalized spacial score (nSPS) is 12.0. The SMILES string of the molecule is Cc1cc(Oc2ccc3nccnc3c2)n2nc(C(F)(F)F)nc2n1. The minimum Gasteiger partial charge on any atom is -0.439 e. The molecule has 0 saturated heterocycles. The lowest BCUT2D eigenvalue weighted by Gasteiger charge is -2.08. The molecule has 4 rings (SSSR count). The van der Waals surface area contributed by atoms with E-state index in [-0.39, 0.29) is 11.7 Å². The molecule has 0 aliphatic heterocycles. The Kier molecular flexibility index (Phi) is 3.27. The van der Waals surface area contributed by atoms with E-state index in [1.54, 1.807) is 31.3 Å². The number of fused-ring (bicyclic) bond motifs is 2. The van der Waals surface area contributed by atoms with Gasteiger partial charge >= 0.3 is 6.18 Å². The van der Waals surface area contributed by atoms with Crippen molar-refractivity contribution in [2.75, 3.05) is 0 Å². The van der Waals surface area contributed by atoms with Crippen molar-refractivity contribution in [3.8, 4) is 11.6 Å². The fourth-order valence-electron chi connectivity index (χ4n) is 2.27. The maximum atomic E-state index is 12.8. The number of aryl methyl sites for hydroxylation is 1. The molecule has 4 aromatic rings. The zero-order chi connectivity index (χ0) is 17.6. The summed E-state index contributed by atoms with van der Waals surface area (Å²) in [5, 5.41) is 3.45. The molecule has 0 atom stereocenters. The van der Waals surface area contributed by atoms with Crippen LogP contribution in [0.3, 0.4) is 0 Å². The van der Waals surface area contributed by atoms with E-state index < -0.39 is 12.0 Å². The third-order valence-corrected chi connectivity index (χ3v) is 3.32. The summed E-state index contributed by atoms with van der Waals surface area (Å²) in [4.78, 5) is 15.7. The summed E-state index contributed by atoms with van der Waals surface area (Å²) in [6.45, 7) is 1.63. The standard InChI is InChI=1S/C15H9F3N6O/c1-8-6-12(24-14(21-8)22-13(23-24)15(16,17)18)25-9-2-3-10-11(7-9)20-5-4-19-10/h2-7H,1H3. The average molecular weight is 346 g/mol. The predicted octanol–water partition coefficient (Wildman–Crippen LogP) is 3.19. The number of aromatic nitrogens is 6. The number of hydrogen-bond donors (Lipinski definition) is 0. The summed E-state index contributed by atoms with van der Waals surface area (Å²) >= 11 is 0. The van der Waals surface area contributed by atoms with Gasteiger partial charge in [0.25, 0.3) is 11.6 Å². The lowest BCUT2D eigenvalue weighted by atomic mass is 10.3. The lowest BCUT2D eigenvalue weighted by Crippen LogP contribution is -2.07. The first kappa shape index (κ1) is 15.2. The molecular weight excluding hydrogens is 337 g/mol. The molecule has 7 nitrogen and oxygen atoms in total. The number of benzene rings is 1. The van der Waals surface area contributed by atoms with Crippen LogP contribution in [0.25, 0.3) is 16.8 Å². The summed E-state index contributed by atoms with van der Waals surface area (Å²) in [6.07, 6.45) is -1.57. The number of halogens is 3. The Morgan fingerprint density at radius 2 is 1.76 bits per heavy atom. The van der Waals surface area contributed by atoms with Crippen LogP contribution < -0.4 is 4.74 Å². The van der Waals surface area contributed by atoms with Gasteiger partial charge in [0.15, 0.2) is 0 Å². The second-order valence-corrected chi connectivity index (χ2v) is 5.19. The summed E-state index contributed by atoms with van der Waals surface area (Å²) in [7, 11) is 0. The molecule has 25 heavy (non-hydrogen) atoms. The molecule has 0 aliphatic rings. The molecule has 0 amide bonds. The Bertz CT molecular complexity index is 1090. The van der Waals surface area contributed by atoms with Crippen LogP contribution >= 0.6 is 0 Å². The summed E-state index contributed by atoms with van der Waals surface area (Å²) < 4.78 is 45.1. The van der Waals surface area contributed by atoms with Crippen LogP contribution in [0.1, 0.15) is 11.5 Å². The Morgan fingerprint density at radius 1 is 1.00 bits per heavy atom. The van der Waals surface area contributed by atoms with Gasteiger partial charge in [-0.15, -0.1) is 5.10 Å². The van der Waals surface area contributed by atoms with Crippen molar-refractivity contribution in [1.29, 1.82) is 0 Å². The Morgan fingerprint density at radius 3 is 2.52 bits per heavy atom. The van der Waals surface area contributed by atoms with E-state index in [1.165, 1.54) is 12.3 Å². The molecule has 3 heterocycles. The van der Waals surface area contributed by atoms with E-state index in [2.05, 4.69) is 25.0 Å². The van der Waals surface area contributed by atoms with Gasteiger partial charge in [0.2, 0.25) is 5.88 Å². The van der Waals surface area contributed by atoms with Crippen LogP contribution in [-0.4, -0.2) is 29.5 Å². The third-order valence-electron chi connectivity index (χ3n) is 3.32. The van der Waals surface area contributed by atoms with Crippen molar-refractivity contribution in [3.63, 3.8) is 0 Å². The van der Waals surface area contributed by atoms with Crippen LogP contribution in [0.2, 0.25) is 0 Å². The molecule has 0 aliphatic carbocycles. The summed E-state index contributed by atoms with van der Waals surface area (Å²) in [6, 6.07) is 6.44. The number of nitrogens with zero attached hydrogens (tertiary/aromatic N) is 6. The Hall–Kier alpha value is -3.30. The first-order chi connectivity index (χ1) is 11.9. The molecule has 10 heteroatoms. The predicted molar refractivity (Wildman–Crippen MR) is 80.1 cm³/mol. The largest absolute Gasteiger partial charge is 0.453 e. The van der Waals surface area contributed by atoms with Crippen LogP contribution in [0, 0.1) is 6.92 Å². The molecule has 0 spiro atoms. The molecule has 1 aromatic carbocycles. The quantitative estimate of drug-likeness (QED) is 0.555. The van der Waals surface area contributed by atoms with E-state index in [0.29, 0.717) is 22.5 Å². The van der Waals surface area contributed by atoms with Gasteiger partial charge in [0, 0.05) is 30.2 Å². The Labute approximate surface area is 138 Å². The maximum Gasteiger partial charge on any atom is 0.453 e. The van der Waals surface area contributed by atoms with Crippen LogP contribution in [0.5, 0.6) is 11.6 Å². The highest BCUT2D eigenvalue weighted by atomic mass is 19.4. The van der Waals surface area contributed by atoms with Gasteiger partial charge in [0.1, 0.15) is 5.75 Å². The smallest absolute Gasteiger partial charge is 0.439 e. The van der Waals surface area contributed by atoms with Crippen LogP contribution in [0.15, 0.2) is 36.7 Å². The van der Waals surface area contributed by atoms with Crippen molar-refractivity contribution < 1.29 is 17.9 Å². The molecule has 126 valence electrons. The highest BCUT2D eigenvalue weighted by Crippen LogP contribution is 2.29. The van der Waals surface area contributed by atoms with Gasteiger partial charge < -0.3 is 4.74 Å². The highest BCUT2D eigenvalue weighted by Gasteiger charge is 2.37. The molecular formula is C15H9F3N6O. The second-order valence-electron chi connectivity index (χ2n) is 5.19. The second kappa shape index (κ2) is 5.36. The first-order valence-corrected chi connectivity index (χ1v) is 7.10. The van der Waals surface area contributed by atoms with Crippen molar-refractivity contribution >= 4 is 16.8 Å². The minimum absolute atomic E-state index is 0.0636. The maximum absolute atomic E-state index is 12.8. The van der Waals surface area contributed by atoms with Gasteiger partial charge in [-0.3, -0.25) is 9.97 Å². The molecule has 0 N–H and O–H groups in total. The van der Waals surface area contributed by atoms with Gasteiger partial charge in [-0.1, -0.05) is 0 Å². The van der Waals surface area contributed by atoms with Crippen LogP contribution in [-0.2, 0) is 6.18 Å². The molecule has 3 aromatic heterocycles. The zero-order valence-electron chi connectivity index (χ0n) is 12.7. The molecule has 0 saturated carbocycles. The van der Waals surface area contributed by atoms with Gasteiger partial charge in [-0.25, -0.2) is 4.98 Å². The average Bonchev–Trinajstić information content (AvgIpc) is 2.99. The summed E-state index contributed by atoms with van der Waals surface area (Å²) in [5.74, 6) is -1.03. The van der Waals surface area contributed by atoms with Gasteiger partial charge in [0.05, 0.1) is 11.0 Å². The number of alkyl halides is 3. The molecule has 0 bridgehead atoms. The number of hydrogen-bond acceptors (Lipinski definition) is 6. The minimum atomic E-state index is -4.67. The first-order valence-electron chi connectivity index (χ1n) is 7.10. The molecule has 0 radical (unpaired) electrons. The Balaban J connectivity index is 1.80. The highest BCUT2D eigenvalue weighted by molar-refractivity contribution is 5.75. The van der Waals surface area contributed by atoms with Crippen molar-refractivity contribution in [2.45, 2.75) is 13.1 Å². The molecule has 0 unspecified atom stereocenters. The van der Waals surface area contributed by atoms with Gasteiger partial charge in [-0.2, -0.15) is 22.7 Å². The van der Waals surface area contributed by atoms with Crippen LogP contribution in [0.4, 0.5) is 13.2 Å². The number of rotatable bonds is 2. The fraction of sp³-hybridized carbons (Fsp3) is 0.133. The van der Waals surface area contributed by atoms with E-state index in [1.807, 2.05) is 0 Å². The van der Waals surface area contributed by atoms with Crippen molar-refractivity contribution in [2.24, 2.45) is 0 Å². The van der Waals surface area contributed by atoms with Gasteiger partial charge in [-0.05, 0) is 19.1 Å². The van der Waals surface area contributed by atoms with Crippen molar-refractivity contribution in [1.82, 2.24) is 29.5 Å². The molecule has 0 fully saturated rings. The fourth-order valence-corrected chi connectivity index (χ4v) is 2.27. The van der Waals surface area contributed by atoms with E-state index in [0.717, 1.165) is 4.52 Å². The monoisotopic (exact) mass is 346 g/mol. The van der Waals surface area contributed by atoms with E-state index in [4.69, 9.17) is 4.74 Å². The zero-order valence-corrected chi connectivity index (χ0v) is 12.7. The van der Waals surface area contributed by atoms with E-state index >= 15 is 0 Å². The van der Waals surface area contributed by atoms with E-state index in [9.17, 15) is 13.2 Å². The third kappa shape index (κ3) is 2.82. The van der Waals surface area contributed by atoms with Crippen molar-refractivity contribution in [3.05, 3.63) is 48.2 Å². The number of ether oxygens (including phenoxy) is 1. The lowest BCUT2D eigenvalue weighted by molar-refractivity contribution is -0.144. The topological polar surface area (TPSA) is 78.1 Å².